The average Bonchev–Trinajstić information content (AvgIpc) is 2.33. The molecule has 5 nitrogen and oxygen atoms in total. The molecule has 0 aromatic carbocycles. The van der Waals surface area contributed by atoms with Crippen LogP contribution in [0.4, 0.5) is 0 Å². The Morgan fingerprint density at radius 3 is 2.69 bits per heavy atom. The minimum atomic E-state index is -0.0969. The standard InChI is InChI=1S/C11H17N3O2/c1-7-10(15)13-9(14-11(7)16-2)8-3-5-12-6-4-8/h8,12H,3-6H2,1-2H3,(H,13,14,15). The lowest BCUT2D eigenvalue weighted by Gasteiger charge is -2.22. The number of hydrogen-bond acceptors (Lipinski definition) is 4. The maximum Gasteiger partial charge on any atom is 0.257 e. The van der Waals surface area contributed by atoms with Crippen LogP contribution in [-0.2, 0) is 0 Å². The predicted molar refractivity (Wildman–Crippen MR) is 61.0 cm³/mol. The highest BCUT2D eigenvalue weighted by Crippen LogP contribution is 2.23. The van der Waals surface area contributed by atoms with Crippen LogP contribution in [0.3, 0.4) is 0 Å². The van der Waals surface area contributed by atoms with Crippen LogP contribution in [-0.4, -0.2) is 30.2 Å². The fourth-order valence-electron chi connectivity index (χ4n) is 2.02. The maximum absolute atomic E-state index is 11.7. The summed E-state index contributed by atoms with van der Waals surface area (Å²) in [6.07, 6.45) is 2.02. The summed E-state index contributed by atoms with van der Waals surface area (Å²) in [5.41, 5.74) is 0.445. The van der Waals surface area contributed by atoms with Crippen LogP contribution in [0.25, 0.3) is 0 Å². The third-order valence-corrected chi connectivity index (χ3v) is 3.04. The van der Waals surface area contributed by atoms with E-state index in [0.717, 1.165) is 31.8 Å². The van der Waals surface area contributed by atoms with Gasteiger partial charge in [-0.3, -0.25) is 4.79 Å². The van der Waals surface area contributed by atoms with E-state index in [1.165, 1.54) is 0 Å². The fourth-order valence-corrected chi connectivity index (χ4v) is 2.02. The fraction of sp³-hybridized carbons (Fsp3) is 0.636. The zero-order valence-corrected chi connectivity index (χ0v) is 9.67. The van der Waals surface area contributed by atoms with Gasteiger partial charge in [0.15, 0.2) is 0 Å². The molecule has 1 fully saturated rings. The molecule has 16 heavy (non-hydrogen) atoms. The van der Waals surface area contributed by atoms with Crippen molar-refractivity contribution in [2.75, 3.05) is 20.2 Å². The van der Waals surface area contributed by atoms with Crippen molar-refractivity contribution in [1.29, 1.82) is 0 Å². The molecule has 0 unspecified atom stereocenters. The van der Waals surface area contributed by atoms with Gasteiger partial charge in [0, 0.05) is 5.92 Å². The van der Waals surface area contributed by atoms with Gasteiger partial charge in [-0.25, -0.2) is 0 Å². The van der Waals surface area contributed by atoms with Gasteiger partial charge in [0.25, 0.3) is 5.56 Å². The minimum Gasteiger partial charge on any atom is -0.481 e. The van der Waals surface area contributed by atoms with E-state index >= 15 is 0 Å². The zero-order chi connectivity index (χ0) is 11.5. The molecule has 1 aliphatic rings. The molecule has 0 radical (unpaired) electrons. The summed E-state index contributed by atoms with van der Waals surface area (Å²) in [7, 11) is 1.54. The SMILES string of the molecule is COc1nc(C2CCNCC2)[nH]c(=O)c1C. The third-order valence-electron chi connectivity index (χ3n) is 3.04. The van der Waals surface area contributed by atoms with Crippen molar-refractivity contribution in [3.8, 4) is 5.88 Å². The Morgan fingerprint density at radius 1 is 1.38 bits per heavy atom. The Morgan fingerprint density at radius 2 is 2.06 bits per heavy atom. The van der Waals surface area contributed by atoms with E-state index in [9.17, 15) is 4.79 Å². The molecule has 1 aromatic heterocycles. The number of H-pyrrole nitrogens is 1. The van der Waals surface area contributed by atoms with E-state index in [-0.39, 0.29) is 5.56 Å². The van der Waals surface area contributed by atoms with Crippen LogP contribution in [0.2, 0.25) is 0 Å². The second-order valence-electron chi connectivity index (χ2n) is 4.11. The lowest BCUT2D eigenvalue weighted by Crippen LogP contribution is -2.29. The van der Waals surface area contributed by atoms with E-state index in [1.54, 1.807) is 14.0 Å². The van der Waals surface area contributed by atoms with Crippen LogP contribution in [0.5, 0.6) is 5.88 Å². The second-order valence-corrected chi connectivity index (χ2v) is 4.11. The number of nitrogens with one attached hydrogen (secondary N) is 2. The Balaban J connectivity index is 2.33. The van der Waals surface area contributed by atoms with Gasteiger partial charge in [0.05, 0.1) is 12.7 Å². The quantitative estimate of drug-likeness (QED) is 0.768. The number of piperidine rings is 1. The van der Waals surface area contributed by atoms with Gasteiger partial charge in [-0.05, 0) is 32.9 Å². The normalized spacial score (nSPS) is 17.4. The number of aromatic amines is 1. The first-order chi connectivity index (χ1) is 7.72. The Bertz CT molecular complexity index is 422. The van der Waals surface area contributed by atoms with Crippen LogP contribution in [0, 0.1) is 6.92 Å². The summed E-state index contributed by atoms with van der Waals surface area (Å²) in [4.78, 5) is 18.9. The van der Waals surface area contributed by atoms with Gasteiger partial charge < -0.3 is 15.0 Å². The Hall–Kier alpha value is -1.36. The van der Waals surface area contributed by atoms with E-state index in [0.29, 0.717) is 17.4 Å². The second kappa shape index (κ2) is 4.65. The van der Waals surface area contributed by atoms with E-state index in [4.69, 9.17) is 4.74 Å². The van der Waals surface area contributed by atoms with Gasteiger partial charge in [0.2, 0.25) is 5.88 Å². The molecule has 0 amide bonds. The highest BCUT2D eigenvalue weighted by atomic mass is 16.5. The van der Waals surface area contributed by atoms with Crippen molar-refractivity contribution >= 4 is 0 Å². The van der Waals surface area contributed by atoms with Crippen molar-refractivity contribution in [3.63, 3.8) is 0 Å². The number of aromatic nitrogens is 2. The van der Waals surface area contributed by atoms with Crippen molar-refractivity contribution in [1.82, 2.24) is 15.3 Å². The number of methoxy groups -OCH3 is 1. The lowest BCUT2D eigenvalue weighted by molar-refractivity contribution is 0.381. The van der Waals surface area contributed by atoms with Crippen molar-refractivity contribution in [3.05, 3.63) is 21.7 Å². The summed E-state index contributed by atoms with van der Waals surface area (Å²) in [6, 6.07) is 0. The summed E-state index contributed by atoms with van der Waals surface area (Å²) in [6.45, 7) is 3.67. The van der Waals surface area contributed by atoms with Crippen LogP contribution in [0.15, 0.2) is 4.79 Å². The molecule has 2 rings (SSSR count). The Labute approximate surface area is 94.2 Å². The molecule has 2 heterocycles. The van der Waals surface area contributed by atoms with Crippen LogP contribution >= 0.6 is 0 Å². The van der Waals surface area contributed by atoms with Crippen LogP contribution in [0.1, 0.15) is 30.1 Å². The van der Waals surface area contributed by atoms with Gasteiger partial charge in [-0.15, -0.1) is 0 Å². The molecule has 88 valence electrons. The van der Waals surface area contributed by atoms with E-state index < -0.39 is 0 Å². The lowest BCUT2D eigenvalue weighted by atomic mass is 9.97. The molecule has 0 saturated carbocycles. The number of nitrogens with zero attached hydrogens (tertiary/aromatic N) is 1. The van der Waals surface area contributed by atoms with Gasteiger partial charge in [-0.1, -0.05) is 0 Å². The number of rotatable bonds is 2. The van der Waals surface area contributed by atoms with E-state index in [2.05, 4.69) is 15.3 Å². The first-order valence-corrected chi connectivity index (χ1v) is 5.58. The number of ether oxygens (including phenoxy) is 1. The van der Waals surface area contributed by atoms with Crippen molar-refractivity contribution < 1.29 is 4.74 Å². The van der Waals surface area contributed by atoms with Crippen LogP contribution < -0.4 is 15.6 Å². The van der Waals surface area contributed by atoms with Gasteiger partial charge in [-0.2, -0.15) is 4.98 Å². The average molecular weight is 223 g/mol. The predicted octanol–water partition coefficient (Wildman–Crippen LogP) is 0.554. The van der Waals surface area contributed by atoms with Crippen molar-refractivity contribution in [2.24, 2.45) is 0 Å². The molecule has 0 spiro atoms. The number of hydrogen-bond donors (Lipinski definition) is 2. The molecule has 5 heteroatoms. The van der Waals surface area contributed by atoms with Crippen molar-refractivity contribution in [2.45, 2.75) is 25.7 Å². The first kappa shape index (κ1) is 11.1. The Kier molecular flexibility index (Phi) is 3.24. The molecular formula is C11H17N3O2. The molecule has 2 N–H and O–H groups in total. The molecule has 1 aromatic rings. The first-order valence-electron chi connectivity index (χ1n) is 5.58. The summed E-state index contributed by atoms with van der Waals surface area (Å²) < 4.78 is 5.11. The smallest absolute Gasteiger partial charge is 0.257 e. The molecule has 0 bridgehead atoms. The molecule has 1 saturated heterocycles. The maximum atomic E-state index is 11.7. The summed E-state index contributed by atoms with van der Waals surface area (Å²) in [5, 5.41) is 3.29. The molecular weight excluding hydrogens is 206 g/mol. The molecule has 0 aliphatic carbocycles. The zero-order valence-electron chi connectivity index (χ0n) is 9.67. The monoisotopic (exact) mass is 223 g/mol. The largest absolute Gasteiger partial charge is 0.481 e. The third kappa shape index (κ3) is 2.09. The highest BCUT2D eigenvalue weighted by Gasteiger charge is 2.19. The van der Waals surface area contributed by atoms with Gasteiger partial charge >= 0.3 is 0 Å². The van der Waals surface area contributed by atoms with E-state index in [1.807, 2.05) is 0 Å². The molecule has 0 atom stereocenters. The molecule has 1 aliphatic heterocycles. The van der Waals surface area contributed by atoms with Gasteiger partial charge in [0.1, 0.15) is 5.82 Å². The summed E-state index contributed by atoms with van der Waals surface area (Å²) >= 11 is 0. The highest BCUT2D eigenvalue weighted by molar-refractivity contribution is 5.23. The topological polar surface area (TPSA) is 67.0 Å². The minimum absolute atomic E-state index is 0.0969. The summed E-state index contributed by atoms with van der Waals surface area (Å²) in [5.74, 6) is 1.54.